The molecule has 0 fully saturated rings. The molecule has 8 heteroatoms. The molecule has 1 atom stereocenters. The van der Waals surface area contributed by atoms with Crippen LogP contribution in [0.1, 0.15) is 49.3 Å². The van der Waals surface area contributed by atoms with Crippen molar-refractivity contribution >= 4 is 5.91 Å². The van der Waals surface area contributed by atoms with Crippen molar-refractivity contribution in [2.75, 3.05) is 0 Å². The van der Waals surface area contributed by atoms with E-state index in [1.807, 2.05) is 24.3 Å². The zero-order valence-corrected chi connectivity index (χ0v) is 17.5. The first-order valence-electron chi connectivity index (χ1n) is 10.6. The molecule has 30 heavy (non-hydrogen) atoms. The van der Waals surface area contributed by atoms with Gasteiger partial charge in [0.15, 0.2) is 0 Å². The van der Waals surface area contributed by atoms with Crippen LogP contribution in [0.2, 0.25) is 0 Å². The number of nitrogens with one attached hydrogen (secondary N) is 2. The first-order chi connectivity index (χ1) is 14.5. The number of amides is 1. The summed E-state index contributed by atoms with van der Waals surface area (Å²) in [6.07, 6.45) is 6.59. The van der Waals surface area contributed by atoms with E-state index >= 15 is 0 Å². The van der Waals surface area contributed by atoms with E-state index in [1.54, 1.807) is 21.6 Å². The number of imidazole rings is 1. The summed E-state index contributed by atoms with van der Waals surface area (Å²) in [5.74, 6) is 2.04. The van der Waals surface area contributed by atoms with E-state index in [1.165, 1.54) is 0 Å². The molecule has 2 N–H and O–H groups in total. The van der Waals surface area contributed by atoms with E-state index in [9.17, 15) is 9.59 Å². The fourth-order valence-electron chi connectivity index (χ4n) is 3.77. The van der Waals surface area contributed by atoms with Gasteiger partial charge in [0.1, 0.15) is 11.6 Å². The molecule has 4 rings (SSSR count). The fourth-order valence-corrected chi connectivity index (χ4v) is 3.77. The summed E-state index contributed by atoms with van der Waals surface area (Å²) < 4.78 is 3.36. The van der Waals surface area contributed by atoms with Gasteiger partial charge in [-0.05, 0) is 37.3 Å². The SMILES string of the molecule is CC(C)CCn1nc2n(c1=O)CCC(NC(=O)c1ccc(-c3ncc[nH]3)cc1)CC2. The molecule has 0 aliphatic carbocycles. The normalized spacial score (nSPS) is 16.3. The Morgan fingerprint density at radius 2 is 2.07 bits per heavy atom. The topological polar surface area (TPSA) is 97.6 Å². The lowest BCUT2D eigenvalue weighted by Gasteiger charge is -2.16. The first-order valence-corrected chi connectivity index (χ1v) is 10.6. The molecule has 3 heterocycles. The van der Waals surface area contributed by atoms with Crippen LogP contribution in [0, 0.1) is 5.92 Å². The largest absolute Gasteiger partial charge is 0.349 e. The third-order valence-corrected chi connectivity index (χ3v) is 5.59. The highest BCUT2D eigenvalue weighted by Crippen LogP contribution is 2.16. The van der Waals surface area contributed by atoms with Crippen molar-refractivity contribution in [3.8, 4) is 11.4 Å². The number of benzene rings is 1. The molecule has 1 amide bonds. The van der Waals surface area contributed by atoms with Crippen LogP contribution in [-0.4, -0.2) is 36.3 Å². The van der Waals surface area contributed by atoms with Crippen molar-refractivity contribution in [1.29, 1.82) is 0 Å². The molecule has 1 aromatic carbocycles. The van der Waals surface area contributed by atoms with Crippen molar-refractivity contribution in [2.45, 2.75) is 58.7 Å². The van der Waals surface area contributed by atoms with E-state index in [2.05, 4.69) is 34.2 Å². The first kappa shape index (κ1) is 20.1. The molecule has 0 bridgehead atoms. The molecule has 0 saturated heterocycles. The van der Waals surface area contributed by atoms with Crippen LogP contribution in [0.3, 0.4) is 0 Å². The molecule has 3 aromatic rings. The minimum atomic E-state index is -0.0973. The number of aryl methyl sites for hydroxylation is 2. The van der Waals surface area contributed by atoms with Gasteiger partial charge in [-0.15, -0.1) is 0 Å². The van der Waals surface area contributed by atoms with Gasteiger partial charge < -0.3 is 10.3 Å². The van der Waals surface area contributed by atoms with Crippen molar-refractivity contribution in [3.05, 3.63) is 58.5 Å². The molecule has 0 spiro atoms. The summed E-state index contributed by atoms with van der Waals surface area (Å²) >= 11 is 0. The average molecular weight is 409 g/mol. The minimum Gasteiger partial charge on any atom is -0.349 e. The molecule has 1 unspecified atom stereocenters. The summed E-state index contributed by atoms with van der Waals surface area (Å²) in [6.45, 7) is 5.52. The van der Waals surface area contributed by atoms with Gasteiger partial charge in [0, 0.05) is 49.1 Å². The Hall–Kier alpha value is -3.16. The van der Waals surface area contributed by atoms with E-state index in [0.717, 1.165) is 36.5 Å². The van der Waals surface area contributed by atoms with Gasteiger partial charge in [-0.1, -0.05) is 26.0 Å². The van der Waals surface area contributed by atoms with Crippen molar-refractivity contribution in [1.82, 2.24) is 29.6 Å². The Morgan fingerprint density at radius 1 is 1.27 bits per heavy atom. The van der Waals surface area contributed by atoms with Crippen LogP contribution in [0.4, 0.5) is 0 Å². The minimum absolute atomic E-state index is 0.0208. The predicted molar refractivity (Wildman–Crippen MR) is 114 cm³/mol. The highest BCUT2D eigenvalue weighted by Gasteiger charge is 2.22. The van der Waals surface area contributed by atoms with Crippen LogP contribution in [-0.2, 0) is 19.5 Å². The number of carbonyl (C=O) groups excluding carboxylic acids is 1. The summed E-state index contributed by atoms with van der Waals surface area (Å²) in [6, 6.07) is 7.41. The van der Waals surface area contributed by atoms with Gasteiger partial charge >= 0.3 is 5.69 Å². The van der Waals surface area contributed by atoms with Crippen molar-refractivity contribution in [2.24, 2.45) is 5.92 Å². The number of rotatable bonds is 6. The Balaban J connectivity index is 1.37. The summed E-state index contributed by atoms with van der Waals surface area (Å²) in [7, 11) is 0. The van der Waals surface area contributed by atoms with Crippen LogP contribution < -0.4 is 11.0 Å². The summed E-state index contributed by atoms with van der Waals surface area (Å²) in [4.78, 5) is 32.6. The number of carbonyl (C=O) groups is 1. The number of aromatic amines is 1. The summed E-state index contributed by atoms with van der Waals surface area (Å²) in [5, 5.41) is 7.65. The number of H-pyrrole nitrogens is 1. The Kier molecular flexibility index (Phi) is 5.83. The average Bonchev–Trinajstić information content (AvgIpc) is 3.32. The number of hydrogen-bond acceptors (Lipinski definition) is 4. The van der Waals surface area contributed by atoms with E-state index in [4.69, 9.17) is 0 Å². The molecule has 1 aliphatic heterocycles. The standard InChI is InChI=1S/C22H28N6O2/c1-15(2)9-14-28-22(30)27-13-10-18(7-8-19(27)26-28)25-21(29)17-5-3-16(4-6-17)20-23-11-12-24-20/h3-6,11-12,15,18H,7-10,13-14H2,1-2H3,(H,23,24)(H,25,29). The van der Waals surface area contributed by atoms with Crippen LogP contribution in [0.5, 0.6) is 0 Å². The Labute approximate surface area is 175 Å². The van der Waals surface area contributed by atoms with Gasteiger partial charge in [-0.3, -0.25) is 9.36 Å². The highest BCUT2D eigenvalue weighted by atomic mass is 16.2. The third-order valence-electron chi connectivity index (χ3n) is 5.59. The van der Waals surface area contributed by atoms with Gasteiger partial charge in [-0.25, -0.2) is 14.5 Å². The highest BCUT2D eigenvalue weighted by molar-refractivity contribution is 5.94. The maximum atomic E-state index is 12.7. The molecular weight excluding hydrogens is 380 g/mol. The Bertz CT molecular complexity index is 1050. The van der Waals surface area contributed by atoms with Gasteiger partial charge in [0.25, 0.3) is 5.91 Å². The number of hydrogen-bond donors (Lipinski definition) is 2. The lowest BCUT2D eigenvalue weighted by Crippen LogP contribution is -2.35. The molecule has 0 saturated carbocycles. The van der Waals surface area contributed by atoms with Crippen LogP contribution in [0.25, 0.3) is 11.4 Å². The maximum Gasteiger partial charge on any atom is 0.345 e. The monoisotopic (exact) mass is 408 g/mol. The molecule has 1 aliphatic rings. The molecular formula is C22H28N6O2. The molecule has 2 aromatic heterocycles. The zero-order chi connectivity index (χ0) is 21.1. The Morgan fingerprint density at radius 3 is 2.77 bits per heavy atom. The molecule has 8 nitrogen and oxygen atoms in total. The molecule has 158 valence electrons. The quantitative estimate of drug-likeness (QED) is 0.655. The molecule has 0 radical (unpaired) electrons. The second-order valence-electron chi connectivity index (χ2n) is 8.27. The van der Waals surface area contributed by atoms with Crippen LogP contribution in [0.15, 0.2) is 41.5 Å². The zero-order valence-electron chi connectivity index (χ0n) is 17.5. The maximum absolute atomic E-state index is 12.7. The van der Waals surface area contributed by atoms with Gasteiger partial charge in [-0.2, -0.15) is 5.10 Å². The summed E-state index contributed by atoms with van der Waals surface area (Å²) in [5.41, 5.74) is 1.51. The van der Waals surface area contributed by atoms with Crippen molar-refractivity contribution < 1.29 is 4.79 Å². The van der Waals surface area contributed by atoms with Gasteiger partial charge in [0.05, 0.1) is 0 Å². The third kappa shape index (κ3) is 4.37. The lowest BCUT2D eigenvalue weighted by molar-refractivity contribution is 0.0933. The lowest BCUT2D eigenvalue weighted by atomic mass is 10.1. The van der Waals surface area contributed by atoms with Crippen molar-refractivity contribution in [3.63, 3.8) is 0 Å². The smallest absolute Gasteiger partial charge is 0.345 e. The van der Waals surface area contributed by atoms with Crippen LogP contribution >= 0.6 is 0 Å². The van der Waals surface area contributed by atoms with E-state index in [0.29, 0.717) is 31.0 Å². The fraction of sp³-hybridized carbons (Fsp3) is 0.455. The van der Waals surface area contributed by atoms with E-state index in [-0.39, 0.29) is 17.6 Å². The van der Waals surface area contributed by atoms with Gasteiger partial charge in [0.2, 0.25) is 0 Å². The number of aromatic nitrogens is 5. The second kappa shape index (κ2) is 8.69. The van der Waals surface area contributed by atoms with E-state index < -0.39 is 0 Å². The number of nitrogens with zero attached hydrogens (tertiary/aromatic N) is 4. The number of fused-ring (bicyclic) bond motifs is 1. The second-order valence-corrected chi connectivity index (χ2v) is 8.27. The predicted octanol–water partition coefficient (Wildman–Crippen LogP) is 2.62.